The van der Waals surface area contributed by atoms with E-state index in [1.54, 1.807) is 17.6 Å². The molecular weight excluding hydrogens is 703 g/mol. The van der Waals surface area contributed by atoms with Gasteiger partial charge in [-0.05, 0) is 53.3 Å². The van der Waals surface area contributed by atoms with Crippen molar-refractivity contribution in [2.24, 2.45) is 4.99 Å². The van der Waals surface area contributed by atoms with E-state index in [1.165, 1.54) is 11.3 Å². The van der Waals surface area contributed by atoms with E-state index in [4.69, 9.17) is 20.9 Å². The lowest BCUT2D eigenvalue weighted by molar-refractivity contribution is -0.138. The van der Waals surface area contributed by atoms with Crippen LogP contribution >= 0.6 is 49.9 Å². The quantitative estimate of drug-likeness (QED) is 0.147. The van der Waals surface area contributed by atoms with Crippen molar-refractivity contribution in [3.05, 3.63) is 123 Å². The smallest absolute Gasteiger partial charge is 0.338 e. The molecule has 2 heterocycles. The predicted octanol–water partition coefficient (Wildman–Crippen LogP) is 5.31. The van der Waals surface area contributed by atoms with Crippen molar-refractivity contribution in [3.8, 4) is 18.1 Å². The summed E-state index contributed by atoms with van der Waals surface area (Å²) in [5.41, 5.74) is 2.75. The van der Waals surface area contributed by atoms with E-state index in [9.17, 15) is 9.59 Å². The second-order valence-corrected chi connectivity index (χ2v) is 11.7. The molecule has 0 saturated carbocycles. The maximum atomic E-state index is 14.1. The third-order valence-electron chi connectivity index (χ3n) is 6.11. The van der Waals surface area contributed by atoms with Crippen molar-refractivity contribution in [1.82, 2.24) is 4.57 Å². The number of benzene rings is 3. The van der Waals surface area contributed by atoms with Crippen molar-refractivity contribution in [1.29, 1.82) is 0 Å². The molecule has 3 aromatic carbocycles. The summed E-state index contributed by atoms with van der Waals surface area (Å²) in [5.74, 6) is 2.56. The van der Waals surface area contributed by atoms with Gasteiger partial charge >= 0.3 is 5.97 Å². The second kappa shape index (κ2) is 12.4. The fourth-order valence-corrected chi connectivity index (χ4v) is 7.18. The Morgan fingerprint density at radius 3 is 2.55 bits per heavy atom. The average Bonchev–Trinajstić information content (AvgIpc) is 3.27. The summed E-state index contributed by atoms with van der Waals surface area (Å²) >= 11 is 6.97. The van der Waals surface area contributed by atoms with Crippen LogP contribution in [0.15, 0.2) is 92.6 Å². The highest BCUT2D eigenvalue weighted by molar-refractivity contribution is 14.1. The van der Waals surface area contributed by atoms with Crippen molar-refractivity contribution >= 4 is 67.6 Å². The molecule has 0 fully saturated rings. The number of ether oxygens (including phenoxy) is 2. The van der Waals surface area contributed by atoms with Crippen LogP contribution in [0.25, 0.3) is 11.8 Å². The van der Waals surface area contributed by atoms with Crippen molar-refractivity contribution < 1.29 is 14.3 Å². The van der Waals surface area contributed by atoms with Crippen molar-refractivity contribution in [3.63, 3.8) is 0 Å². The van der Waals surface area contributed by atoms with E-state index in [0.717, 1.165) is 19.2 Å². The number of carbonyl (C=O) groups excluding carboxylic acids is 1. The Labute approximate surface area is 257 Å². The fraction of sp³-hybridized carbons (Fsp3) is 0.129. The highest BCUT2D eigenvalue weighted by Gasteiger charge is 2.35. The normalized spacial score (nSPS) is 14.8. The molecule has 1 aliphatic heterocycles. The third-order valence-corrected chi connectivity index (χ3v) is 8.35. The number of aromatic nitrogens is 1. The summed E-state index contributed by atoms with van der Waals surface area (Å²) in [5, 5.41) is 0. The summed E-state index contributed by atoms with van der Waals surface area (Å²) in [6, 6.07) is 22.0. The van der Waals surface area contributed by atoms with Gasteiger partial charge in [-0.3, -0.25) is 9.36 Å². The summed E-state index contributed by atoms with van der Waals surface area (Å²) < 4.78 is 15.0. The maximum absolute atomic E-state index is 14.1. The first-order valence-electron chi connectivity index (χ1n) is 12.3. The molecule has 4 aromatic rings. The van der Waals surface area contributed by atoms with Crippen LogP contribution < -0.4 is 19.6 Å². The Hall–Kier alpha value is -3.46. The maximum Gasteiger partial charge on any atom is 0.338 e. The number of rotatable bonds is 7. The lowest BCUT2D eigenvalue weighted by Crippen LogP contribution is -2.40. The standard InChI is InChI=1S/C31H22BrIN2O4S/c1-3-15-39-28-21(16-22(32)18-23(28)33)17-24-29(36)35-27(20-13-9-6-10-14-20)25(30(37)38-4-2)26(34-31(35)40-24)19-11-7-5-8-12-19/h1,5-14,16-18,27H,4,15H2,2H3/b24-17-/t27-/m0/s1. The van der Waals surface area contributed by atoms with E-state index in [1.807, 2.05) is 72.8 Å². The van der Waals surface area contributed by atoms with Gasteiger partial charge in [0.05, 0.1) is 32.0 Å². The number of fused-ring (bicyclic) bond motifs is 1. The van der Waals surface area contributed by atoms with Gasteiger partial charge in [-0.25, -0.2) is 9.79 Å². The molecule has 0 amide bonds. The Morgan fingerprint density at radius 2 is 1.88 bits per heavy atom. The fourth-order valence-electron chi connectivity index (χ4n) is 4.49. The molecule has 40 heavy (non-hydrogen) atoms. The molecule has 0 aliphatic carbocycles. The van der Waals surface area contributed by atoms with Crippen LogP contribution in [0.5, 0.6) is 5.75 Å². The number of halogens is 2. The van der Waals surface area contributed by atoms with Gasteiger partial charge in [0.15, 0.2) is 4.80 Å². The Bertz CT molecular complexity index is 1840. The number of carbonyl (C=O) groups is 1. The van der Waals surface area contributed by atoms with Gasteiger partial charge in [0.25, 0.3) is 5.56 Å². The van der Waals surface area contributed by atoms with Crippen molar-refractivity contribution in [2.75, 3.05) is 13.2 Å². The lowest BCUT2D eigenvalue weighted by atomic mass is 9.93. The Balaban J connectivity index is 1.82. The van der Waals surface area contributed by atoms with E-state index in [-0.39, 0.29) is 18.8 Å². The van der Waals surface area contributed by atoms with Crippen LogP contribution in [0.3, 0.4) is 0 Å². The largest absolute Gasteiger partial charge is 0.479 e. The minimum atomic E-state index is -0.728. The minimum absolute atomic E-state index is 0.0943. The minimum Gasteiger partial charge on any atom is -0.479 e. The molecule has 5 rings (SSSR count). The monoisotopic (exact) mass is 724 g/mol. The summed E-state index contributed by atoms with van der Waals surface area (Å²) in [6.45, 7) is 2.04. The van der Waals surface area contributed by atoms with Gasteiger partial charge in [0.2, 0.25) is 0 Å². The number of thiazole rings is 1. The average molecular weight is 725 g/mol. The van der Waals surface area contributed by atoms with E-state index < -0.39 is 12.0 Å². The summed E-state index contributed by atoms with van der Waals surface area (Å²) in [4.78, 5) is 33.0. The van der Waals surface area contributed by atoms with Gasteiger partial charge in [0, 0.05) is 15.6 Å². The third kappa shape index (κ3) is 5.57. The van der Waals surface area contributed by atoms with E-state index in [2.05, 4.69) is 44.4 Å². The first-order chi connectivity index (χ1) is 19.4. The molecular formula is C31H22BrIN2O4S. The number of terminal acetylenes is 1. The first-order valence-corrected chi connectivity index (χ1v) is 15.0. The molecule has 0 spiro atoms. The summed E-state index contributed by atoms with van der Waals surface area (Å²) in [7, 11) is 0. The molecule has 1 aliphatic rings. The molecule has 0 bridgehead atoms. The molecule has 0 unspecified atom stereocenters. The number of hydrogen-bond donors (Lipinski definition) is 0. The Morgan fingerprint density at radius 1 is 1.18 bits per heavy atom. The molecule has 9 heteroatoms. The molecule has 1 atom stereocenters. The SMILES string of the molecule is C#CCOc1c(I)cc(Br)cc1/C=c1\sc2n(c1=O)[C@@H](c1ccccc1)C(C(=O)OCC)=C(c1ccccc1)N=2. The zero-order valence-corrected chi connectivity index (χ0v) is 25.8. The van der Waals surface area contributed by atoms with Crippen LogP contribution in [0.4, 0.5) is 0 Å². The topological polar surface area (TPSA) is 69.9 Å². The number of esters is 1. The van der Waals surface area contributed by atoms with Crippen LogP contribution in [0.2, 0.25) is 0 Å². The van der Waals surface area contributed by atoms with Crippen LogP contribution in [-0.4, -0.2) is 23.8 Å². The lowest BCUT2D eigenvalue weighted by Gasteiger charge is -2.25. The predicted molar refractivity (Wildman–Crippen MR) is 169 cm³/mol. The zero-order chi connectivity index (χ0) is 28.2. The Kier molecular flexibility index (Phi) is 8.69. The summed E-state index contributed by atoms with van der Waals surface area (Å²) in [6.07, 6.45) is 7.22. The highest BCUT2D eigenvalue weighted by atomic mass is 127. The van der Waals surface area contributed by atoms with Crippen LogP contribution in [-0.2, 0) is 9.53 Å². The van der Waals surface area contributed by atoms with Crippen LogP contribution in [0.1, 0.15) is 29.7 Å². The molecule has 200 valence electrons. The molecule has 1 aromatic heterocycles. The molecule has 0 radical (unpaired) electrons. The van der Waals surface area contributed by atoms with E-state index >= 15 is 0 Å². The first kappa shape index (κ1) is 28.1. The molecule has 6 nitrogen and oxygen atoms in total. The van der Waals surface area contributed by atoms with Crippen molar-refractivity contribution in [2.45, 2.75) is 13.0 Å². The number of hydrogen-bond acceptors (Lipinski definition) is 6. The van der Waals surface area contributed by atoms with Crippen LogP contribution in [0, 0.1) is 15.9 Å². The van der Waals surface area contributed by atoms with Gasteiger partial charge in [-0.2, -0.15) is 0 Å². The zero-order valence-electron chi connectivity index (χ0n) is 21.3. The molecule has 0 saturated heterocycles. The van der Waals surface area contributed by atoms with Gasteiger partial charge < -0.3 is 9.47 Å². The molecule has 0 N–H and O–H groups in total. The van der Waals surface area contributed by atoms with Gasteiger partial charge in [0.1, 0.15) is 12.4 Å². The number of nitrogens with zero attached hydrogens (tertiary/aromatic N) is 2. The second-order valence-electron chi connectivity index (χ2n) is 8.64. The van der Waals surface area contributed by atoms with Gasteiger partial charge in [-0.15, -0.1) is 6.42 Å². The van der Waals surface area contributed by atoms with Gasteiger partial charge in [-0.1, -0.05) is 93.9 Å². The highest BCUT2D eigenvalue weighted by Crippen LogP contribution is 2.35. The van der Waals surface area contributed by atoms with E-state index in [0.29, 0.717) is 31.9 Å².